The Morgan fingerprint density at radius 1 is 0.253 bits per heavy atom. The summed E-state index contributed by atoms with van der Waals surface area (Å²) in [6.45, 7) is 6.43. The highest BCUT2D eigenvalue weighted by Crippen LogP contribution is 2.18. The molecule has 6 nitrogen and oxygen atoms in total. The van der Waals surface area contributed by atoms with Gasteiger partial charge in [-0.05, 0) is 116 Å². The van der Waals surface area contributed by atoms with Crippen molar-refractivity contribution in [2.75, 3.05) is 13.2 Å². The molecule has 0 aromatic heterocycles. The first-order chi connectivity index (χ1) is 41.0. The Balaban J connectivity index is 4.17. The lowest BCUT2D eigenvalue weighted by atomic mass is 10.0. The molecule has 0 saturated heterocycles. The van der Waals surface area contributed by atoms with E-state index in [0.717, 1.165) is 109 Å². The van der Waals surface area contributed by atoms with Crippen LogP contribution < -0.4 is 0 Å². The normalized spacial score (nSPS) is 12.7. The smallest absolute Gasteiger partial charge is 0.306 e. The van der Waals surface area contributed by atoms with Crippen LogP contribution in [0.1, 0.15) is 355 Å². The molecule has 0 aromatic rings. The summed E-state index contributed by atoms with van der Waals surface area (Å²) in [5, 5.41) is 0. The van der Waals surface area contributed by atoms with Crippen molar-refractivity contribution in [3.05, 3.63) is 97.2 Å². The molecule has 0 aliphatic carbocycles. The minimum Gasteiger partial charge on any atom is -0.462 e. The lowest BCUT2D eigenvalue weighted by Gasteiger charge is -2.18. The van der Waals surface area contributed by atoms with Gasteiger partial charge >= 0.3 is 17.9 Å². The van der Waals surface area contributed by atoms with E-state index in [9.17, 15) is 14.4 Å². The molecule has 0 heterocycles. The van der Waals surface area contributed by atoms with E-state index in [0.29, 0.717) is 19.3 Å². The van der Waals surface area contributed by atoms with Crippen molar-refractivity contribution in [1.29, 1.82) is 0 Å². The number of unbranched alkanes of at least 4 members (excludes halogenated alkanes) is 38. The van der Waals surface area contributed by atoms with Gasteiger partial charge in [-0.15, -0.1) is 0 Å². The van der Waals surface area contributed by atoms with Gasteiger partial charge in [0.25, 0.3) is 0 Å². The summed E-state index contributed by atoms with van der Waals surface area (Å²) in [5.41, 5.74) is 0. The predicted molar refractivity (Wildman–Crippen MR) is 362 cm³/mol. The monoisotopic (exact) mass is 1160 g/mol. The summed E-state index contributed by atoms with van der Waals surface area (Å²) in [6.07, 6.45) is 96.0. The minimum atomic E-state index is -0.790. The fourth-order valence-corrected chi connectivity index (χ4v) is 10.3. The standard InChI is InChI=1S/C77H134O6/c1-4-7-10-13-16-19-22-25-27-29-31-32-33-34-35-36-37-38-39-40-41-42-43-44-46-47-49-52-55-58-61-64-67-70-76(79)82-73-74(72-81-75(78)69-66-63-60-57-54-51-24-21-18-15-12-9-6-3)83-77(80)71-68-65-62-59-56-53-50-48-45-30-28-26-23-20-17-14-11-8-5-2/h7,9-10,12,16,18-19,21,25-28,31-32,51,54,74H,4-6,8,11,13-15,17,20,22-24,29-30,33-50,52-53,55-73H2,1-3H3/b10-7-,12-9-,19-16-,21-18-,27-25-,28-26-,32-31-,54-51-. The molecule has 0 rings (SSSR count). The molecule has 0 radical (unpaired) electrons. The third kappa shape index (κ3) is 69.0. The van der Waals surface area contributed by atoms with Gasteiger partial charge in [0.2, 0.25) is 0 Å². The van der Waals surface area contributed by atoms with E-state index in [1.807, 2.05) is 0 Å². The van der Waals surface area contributed by atoms with E-state index in [2.05, 4.69) is 118 Å². The second kappa shape index (κ2) is 70.8. The molecule has 6 heteroatoms. The average molecular weight is 1160 g/mol. The summed E-state index contributed by atoms with van der Waals surface area (Å²) < 4.78 is 16.9. The number of esters is 3. The van der Waals surface area contributed by atoms with E-state index in [1.165, 1.54) is 205 Å². The molecule has 1 atom stereocenters. The highest BCUT2D eigenvalue weighted by Gasteiger charge is 2.19. The third-order valence-corrected chi connectivity index (χ3v) is 15.6. The zero-order valence-electron chi connectivity index (χ0n) is 54.9. The Morgan fingerprint density at radius 3 is 0.759 bits per heavy atom. The van der Waals surface area contributed by atoms with Gasteiger partial charge < -0.3 is 14.2 Å². The average Bonchev–Trinajstić information content (AvgIpc) is 3.49. The zero-order valence-corrected chi connectivity index (χ0v) is 54.9. The topological polar surface area (TPSA) is 78.9 Å². The van der Waals surface area contributed by atoms with Crippen molar-refractivity contribution in [2.45, 2.75) is 361 Å². The van der Waals surface area contributed by atoms with Gasteiger partial charge in [-0.25, -0.2) is 0 Å². The fraction of sp³-hybridized carbons (Fsp3) is 0.753. The van der Waals surface area contributed by atoms with Crippen LogP contribution in [-0.4, -0.2) is 37.2 Å². The van der Waals surface area contributed by atoms with Crippen molar-refractivity contribution >= 4 is 17.9 Å². The van der Waals surface area contributed by atoms with Gasteiger partial charge in [0.1, 0.15) is 13.2 Å². The maximum absolute atomic E-state index is 12.9. The molecule has 0 aliphatic rings. The van der Waals surface area contributed by atoms with Gasteiger partial charge in [0.15, 0.2) is 6.10 Å². The maximum atomic E-state index is 12.9. The third-order valence-electron chi connectivity index (χ3n) is 15.6. The van der Waals surface area contributed by atoms with Crippen LogP contribution in [-0.2, 0) is 28.6 Å². The van der Waals surface area contributed by atoms with Crippen molar-refractivity contribution < 1.29 is 28.6 Å². The number of hydrogen-bond acceptors (Lipinski definition) is 6. The lowest BCUT2D eigenvalue weighted by molar-refractivity contribution is -0.167. The molecular formula is C77H134O6. The molecule has 0 saturated carbocycles. The summed E-state index contributed by atoms with van der Waals surface area (Å²) in [6, 6.07) is 0. The van der Waals surface area contributed by atoms with E-state index in [4.69, 9.17) is 14.2 Å². The molecule has 83 heavy (non-hydrogen) atoms. The van der Waals surface area contributed by atoms with Crippen molar-refractivity contribution in [2.24, 2.45) is 0 Å². The Bertz CT molecular complexity index is 1610. The molecule has 0 amide bonds. The molecular weight excluding hydrogens is 1020 g/mol. The van der Waals surface area contributed by atoms with E-state index in [-0.39, 0.29) is 31.1 Å². The number of carbonyl (C=O) groups excluding carboxylic acids is 3. The second-order valence-electron chi connectivity index (χ2n) is 23.7. The Kier molecular flexibility index (Phi) is 67.7. The summed E-state index contributed by atoms with van der Waals surface area (Å²) in [4.78, 5) is 38.4. The Labute approximate surface area is 515 Å². The van der Waals surface area contributed by atoms with Gasteiger partial charge in [0.05, 0.1) is 0 Å². The highest BCUT2D eigenvalue weighted by molar-refractivity contribution is 5.71. The van der Waals surface area contributed by atoms with Crippen LogP contribution in [0.2, 0.25) is 0 Å². The Morgan fingerprint density at radius 2 is 0.470 bits per heavy atom. The first kappa shape index (κ1) is 79.3. The molecule has 0 aromatic carbocycles. The lowest BCUT2D eigenvalue weighted by Crippen LogP contribution is -2.30. The molecule has 0 spiro atoms. The number of allylic oxidation sites excluding steroid dienone is 16. The first-order valence-electron chi connectivity index (χ1n) is 35.7. The number of ether oxygens (including phenoxy) is 3. The Hall–Kier alpha value is -3.67. The molecule has 1 unspecified atom stereocenters. The van der Waals surface area contributed by atoms with Crippen molar-refractivity contribution in [3.63, 3.8) is 0 Å². The number of carbonyl (C=O) groups is 3. The SMILES string of the molecule is CC/C=C\C/C=C\C/C=C\C/C=C\CCCCCCCCCCCCCCCCCCCCCCC(=O)OCC(COC(=O)CCCCC/C=C\C/C=C\C/C=C\CC)OC(=O)CCCCCCCCCCC/C=C\CCCCCCCC. The van der Waals surface area contributed by atoms with Crippen LogP contribution in [0.25, 0.3) is 0 Å². The van der Waals surface area contributed by atoms with Crippen LogP contribution in [0.4, 0.5) is 0 Å². The summed E-state index contributed by atoms with van der Waals surface area (Å²) >= 11 is 0. The van der Waals surface area contributed by atoms with E-state index in [1.54, 1.807) is 0 Å². The summed E-state index contributed by atoms with van der Waals surface area (Å²) in [7, 11) is 0. The van der Waals surface area contributed by atoms with E-state index < -0.39 is 6.10 Å². The minimum absolute atomic E-state index is 0.0837. The van der Waals surface area contributed by atoms with Crippen LogP contribution >= 0.6 is 0 Å². The number of hydrogen-bond donors (Lipinski definition) is 0. The number of rotatable bonds is 65. The van der Waals surface area contributed by atoms with Gasteiger partial charge in [-0.2, -0.15) is 0 Å². The fourth-order valence-electron chi connectivity index (χ4n) is 10.3. The van der Waals surface area contributed by atoms with Crippen molar-refractivity contribution in [3.8, 4) is 0 Å². The van der Waals surface area contributed by atoms with Gasteiger partial charge in [-0.1, -0.05) is 317 Å². The van der Waals surface area contributed by atoms with Crippen molar-refractivity contribution in [1.82, 2.24) is 0 Å². The van der Waals surface area contributed by atoms with Gasteiger partial charge in [0, 0.05) is 19.3 Å². The molecule has 0 aliphatic heterocycles. The van der Waals surface area contributed by atoms with Gasteiger partial charge in [-0.3, -0.25) is 14.4 Å². The van der Waals surface area contributed by atoms with Crippen LogP contribution in [0.3, 0.4) is 0 Å². The van der Waals surface area contributed by atoms with E-state index >= 15 is 0 Å². The summed E-state index contributed by atoms with van der Waals surface area (Å²) in [5.74, 6) is -0.899. The van der Waals surface area contributed by atoms with Crippen LogP contribution in [0, 0.1) is 0 Å². The quantitative estimate of drug-likeness (QED) is 0.0261. The highest BCUT2D eigenvalue weighted by atomic mass is 16.6. The maximum Gasteiger partial charge on any atom is 0.306 e. The molecule has 0 bridgehead atoms. The van der Waals surface area contributed by atoms with Crippen LogP contribution in [0.15, 0.2) is 97.2 Å². The molecule has 0 fully saturated rings. The second-order valence-corrected chi connectivity index (χ2v) is 23.7. The first-order valence-corrected chi connectivity index (χ1v) is 35.7. The predicted octanol–water partition coefficient (Wildman–Crippen LogP) is 24.8. The van der Waals surface area contributed by atoms with Crippen LogP contribution in [0.5, 0.6) is 0 Å². The molecule has 478 valence electrons. The zero-order chi connectivity index (χ0) is 59.9. The molecule has 0 N–H and O–H groups in total. The largest absolute Gasteiger partial charge is 0.462 e.